The molecule has 0 aromatic heterocycles. The average Bonchev–Trinajstić information content (AvgIpc) is 2.08. The van der Waals surface area contributed by atoms with Crippen molar-refractivity contribution in [3.63, 3.8) is 0 Å². The van der Waals surface area contributed by atoms with E-state index in [1.807, 2.05) is 0 Å². The summed E-state index contributed by atoms with van der Waals surface area (Å²) in [6.07, 6.45) is 0. The van der Waals surface area contributed by atoms with Crippen LogP contribution in [0.4, 0.5) is 0 Å². The summed E-state index contributed by atoms with van der Waals surface area (Å²) >= 11 is 0. The Hall–Kier alpha value is -2.06. The first-order chi connectivity index (χ1) is 5.46. The molecular weight excluding hydrogens is 200 g/mol. The molecule has 0 fully saturated rings. The van der Waals surface area contributed by atoms with Crippen LogP contribution in [0.25, 0.3) is 0 Å². The van der Waals surface area contributed by atoms with Gasteiger partial charge in [0.2, 0.25) is 23.0 Å². The molecule has 0 unspecified atom stereocenters. The number of aliphatic hydroxyl groups excluding tert-OH is 4. The Morgan fingerprint density at radius 1 is 0.571 bits per heavy atom. The minimum absolute atomic E-state index is 0. The van der Waals surface area contributed by atoms with E-state index < -0.39 is 34.6 Å². The van der Waals surface area contributed by atoms with E-state index in [9.17, 15) is 9.59 Å². The Morgan fingerprint density at radius 3 is 0.857 bits per heavy atom. The zero-order valence-corrected chi connectivity index (χ0v) is 6.61. The molecule has 0 atom stereocenters. The van der Waals surface area contributed by atoms with Gasteiger partial charge in [-0.1, -0.05) is 0 Å². The van der Waals surface area contributed by atoms with Gasteiger partial charge in [0, 0.05) is 0 Å². The minimum Gasteiger partial charge on any atom is -0.501 e. The van der Waals surface area contributed by atoms with Crippen molar-refractivity contribution in [2.24, 2.45) is 0 Å². The van der Waals surface area contributed by atoms with Gasteiger partial charge in [0.25, 0.3) is 11.6 Å². The topological polar surface area (TPSA) is 178 Å². The zero-order valence-electron chi connectivity index (χ0n) is 6.61. The van der Waals surface area contributed by atoms with Crippen molar-refractivity contribution in [1.82, 2.24) is 0 Å². The number of carbonyl (C=O) groups excluding carboxylic acids is 2. The SMILES string of the molecule is O.O.O=C1C(O)=C(O)C(=O)C(O)=C1O. The van der Waals surface area contributed by atoms with Crippen molar-refractivity contribution < 1.29 is 41.0 Å². The lowest BCUT2D eigenvalue weighted by Crippen LogP contribution is -2.23. The molecular formula is C6H8O8. The predicted molar refractivity (Wildman–Crippen MR) is 41.8 cm³/mol. The summed E-state index contributed by atoms with van der Waals surface area (Å²) in [6, 6.07) is 0. The smallest absolute Gasteiger partial charge is 0.269 e. The fourth-order valence-corrected chi connectivity index (χ4v) is 0.654. The number of hydrogen-bond donors (Lipinski definition) is 4. The van der Waals surface area contributed by atoms with E-state index in [-0.39, 0.29) is 11.0 Å². The first-order valence-corrected chi connectivity index (χ1v) is 2.80. The molecule has 0 aliphatic heterocycles. The van der Waals surface area contributed by atoms with Gasteiger partial charge in [-0.25, -0.2) is 0 Å². The lowest BCUT2D eigenvalue weighted by molar-refractivity contribution is -0.124. The monoisotopic (exact) mass is 208 g/mol. The Balaban J connectivity index is 0. The van der Waals surface area contributed by atoms with Gasteiger partial charge in [-0.05, 0) is 0 Å². The lowest BCUT2D eigenvalue weighted by atomic mass is 10.1. The quantitative estimate of drug-likeness (QED) is 0.339. The van der Waals surface area contributed by atoms with E-state index >= 15 is 0 Å². The highest BCUT2D eigenvalue weighted by molar-refractivity contribution is 6.21. The van der Waals surface area contributed by atoms with Crippen molar-refractivity contribution in [3.05, 3.63) is 23.0 Å². The summed E-state index contributed by atoms with van der Waals surface area (Å²) in [5.74, 6) is -7.84. The first kappa shape index (κ1) is 14.5. The third-order valence-electron chi connectivity index (χ3n) is 1.31. The molecule has 14 heavy (non-hydrogen) atoms. The Kier molecular flexibility index (Phi) is 4.39. The van der Waals surface area contributed by atoms with E-state index in [1.54, 1.807) is 0 Å². The molecule has 1 rings (SSSR count). The highest BCUT2D eigenvalue weighted by Gasteiger charge is 2.34. The van der Waals surface area contributed by atoms with Gasteiger partial charge in [0.05, 0.1) is 0 Å². The van der Waals surface area contributed by atoms with E-state index in [4.69, 9.17) is 20.4 Å². The highest BCUT2D eigenvalue weighted by atomic mass is 16.3. The van der Waals surface area contributed by atoms with E-state index in [1.165, 1.54) is 0 Å². The Morgan fingerprint density at radius 2 is 0.714 bits per heavy atom. The summed E-state index contributed by atoms with van der Waals surface area (Å²) in [5.41, 5.74) is 0. The normalized spacial score (nSPS) is 16.3. The van der Waals surface area contributed by atoms with Gasteiger partial charge in [-0.3, -0.25) is 9.59 Å². The molecule has 0 heterocycles. The number of aliphatic hydroxyl groups is 4. The molecule has 0 radical (unpaired) electrons. The molecule has 8 nitrogen and oxygen atoms in total. The largest absolute Gasteiger partial charge is 0.501 e. The summed E-state index contributed by atoms with van der Waals surface area (Å²) in [7, 11) is 0. The predicted octanol–water partition coefficient (Wildman–Crippen LogP) is -1.86. The van der Waals surface area contributed by atoms with Crippen LogP contribution in [-0.4, -0.2) is 42.9 Å². The molecule has 8 heteroatoms. The standard InChI is InChI=1S/C6H4O6.2H2O/c7-1-2(8)4(10)6(12)5(11)3(1)9;;/h7-8,11-12H;2*1H2. The molecule has 80 valence electrons. The second-order valence-electron chi connectivity index (χ2n) is 2.05. The second-order valence-corrected chi connectivity index (χ2v) is 2.05. The third-order valence-corrected chi connectivity index (χ3v) is 1.31. The van der Waals surface area contributed by atoms with Gasteiger partial charge in [-0.2, -0.15) is 0 Å². The van der Waals surface area contributed by atoms with Crippen LogP contribution in [0.1, 0.15) is 0 Å². The van der Waals surface area contributed by atoms with Crippen LogP contribution in [0.2, 0.25) is 0 Å². The molecule has 0 aromatic carbocycles. The lowest BCUT2D eigenvalue weighted by Gasteiger charge is -2.08. The summed E-state index contributed by atoms with van der Waals surface area (Å²) in [6.45, 7) is 0. The fraction of sp³-hybridized carbons (Fsp3) is 0. The van der Waals surface area contributed by atoms with Crippen LogP contribution >= 0.6 is 0 Å². The molecule has 0 amide bonds. The molecule has 0 aromatic rings. The van der Waals surface area contributed by atoms with E-state index in [0.717, 1.165) is 0 Å². The maximum Gasteiger partial charge on any atom is 0.269 e. The van der Waals surface area contributed by atoms with Crippen LogP contribution in [0, 0.1) is 0 Å². The van der Waals surface area contributed by atoms with Gasteiger partial charge in [0.15, 0.2) is 0 Å². The van der Waals surface area contributed by atoms with Gasteiger partial charge in [0.1, 0.15) is 0 Å². The first-order valence-electron chi connectivity index (χ1n) is 2.80. The highest BCUT2D eigenvalue weighted by Crippen LogP contribution is 2.17. The maximum absolute atomic E-state index is 10.6. The molecule has 0 saturated heterocycles. The molecule has 1 aliphatic carbocycles. The number of ketones is 2. The third kappa shape index (κ3) is 1.65. The van der Waals surface area contributed by atoms with Crippen LogP contribution in [0.15, 0.2) is 23.0 Å². The fourth-order valence-electron chi connectivity index (χ4n) is 0.654. The second kappa shape index (κ2) is 4.25. The summed E-state index contributed by atoms with van der Waals surface area (Å²) < 4.78 is 0. The molecule has 0 saturated carbocycles. The minimum atomic E-state index is -1.38. The molecule has 0 bridgehead atoms. The Bertz CT molecular complexity index is 274. The molecule has 8 N–H and O–H groups in total. The summed E-state index contributed by atoms with van der Waals surface area (Å²) in [5, 5.41) is 34.6. The molecule has 0 spiro atoms. The van der Waals surface area contributed by atoms with Crippen molar-refractivity contribution in [1.29, 1.82) is 0 Å². The van der Waals surface area contributed by atoms with Crippen molar-refractivity contribution in [2.45, 2.75) is 0 Å². The number of Topliss-reactive ketones (excluding diaryl/α,β-unsaturated/α-hetero) is 2. The van der Waals surface area contributed by atoms with Crippen molar-refractivity contribution in [2.75, 3.05) is 0 Å². The van der Waals surface area contributed by atoms with E-state index in [0.29, 0.717) is 0 Å². The van der Waals surface area contributed by atoms with Crippen molar-refractivity contribution >= 4 is 11.6 Å². The van der Waals surface area contributed by atoms with Crippen LogP contribution in [0.3, 0.4) is 0 Å². The van der Waals surface area contributed by atoms with Crippen LogP contribution < -0.4 is 0 Å². The van der Waals surface area contributed by atoms with Crippen LogP contribution in [0.5, 0.6) is 0 Å². The van der Waals surface area contributed by atoms with E-state index in [2.05, 4.69) is 0 Å². The van der Waals surface area contributed by atoms with Crippen LogP contribution in [-0.2, 0) is 9.59 Å². The average molecular weight is 208 g/mol. The number of hydrogen-bond acceptors (Lipinski definition) is 6. The van der Waals surface area contributed by atoms with Crippen molar-refractivity contribution in [3.8, 4) is 0 Å². The van der Waals surface area contributed by atoms with Gasteiger partial charge in [-0.15, -0.1) is 0 Å². The van der Waals surface area contributed by atoms with Gasteiger partial charge >= 0.3 is 0 Å². The zero-order chi connectivity index (χ0) is 9.46. The summed E-state index contributed by atoms with van der Waals surface area (Å²) in [4.78, 5) is 21.2. The number of rotatable bonds is 0. The molecule has 1 aliphatic rings. The maximum atomic E-state index is 10.6. The Labute approximate surface area is 76.6 Å². The van der Waals surface area contributed by atoms with Gasteiger partial charge < -0.3 is 31.4 Å². The number of carbonyl (C=O) groups is 2.